The largest absolute Gasteiger partial charge is 0.334 e. The number of hydrogen-bond acceptors (Lipinski definition) is 2. The van der Waals surface area contributed by atoms with E-state index in [1.54, 1.807) is 6.20 Å². The summed E-state index contributed by atoms with van der Waals surface area (Å²) in [5.74, 6) is 0.793. The fourth-order valence-corrected chi connectivity index (χ4v) is 3.54. The van der Waals surface area contributed by atoms with Crippen molar-refractivity contribution in [2.75, 3.05) is 6.54 Å². The molecule has 20 heavy (non-hydrogen) atoms. The first-order valence-electron chi connectivity index (χ1n) is 7.67. The Balaban J connectivity index is 1.73. The van der Waals surface area contributed by atoms with Crippen molar-refractivity contribution in [1.82, 2.24) is 9.88 Å². The molecule has 1 heterocycles. The number of hydrogen-bond donors (Lipinski definition) is 0. The zero-order valence-electron chi connectivity index (χ0n) is 11.7. The van der Waals surface area contributed by atoms with E-state index in [1.165, 1.54) is 32.1 Å². The Morgan fingerprint density at radius 1 is 1.25 bits per heavy atom. The lowest BCUT2D eigenvalue weighted by atomic mass is 9.89. The maximum absolute atomic E-state index is 12.8. The number of carbonyl (C=O) groups is 1. The van der Waals surface area contributed by atoms with Crippen LogP contribution in [0.5, 0.6) is 0 Å². The molecule has 0 spiro atoms. The van der Waals surface area contributed by atoms with E-state index in [-0.39, 0.29) is 5.91 Å². The lowest BCUT2D eigenvalue weighted by Gasteiger charge is -2.30. The first kappa shape index (κ1) is 14.1. The van der Waals surface area contributed by atoms with Gasteiger partial charge in [0, 0.05) is 23.3 Å². The minimum absolute atomic E-state index is 0.102. The fraction of sp³-hybridized carbons (Fsp3) is 0.625. The summed E-state index contributed by atoms with van der Waals surface area (Å²) < 4.78 is 0.805. The quantitative estimate of drug-likeness (QED) is 0.831. The molecule has 2 saturated carbocycles. The summed E-state index contributed by atoms with van der Waals surface area (Å²) in [4.78, 5) is 19.1. The molecule has 0 atom stereocenters. The Bertz CT molecular complexity index is 481. The van der Waals surface area contributed by atoms with Gasteiger partial charge in [-0.05, 0) is 59.7 Å². The highest BCUT2D eigenvalue weighted by Crippen LogP contribution is 2.33. The Hall–Kier alpha value is -0.900. The zero-order chi connectivity index (χ0) is 13.9. The van der Waals surface area contributed by atoms with E-state index in [1.807, 2.05) is 12.1 Å². The van der Waals surface area contributed by atoms with Gasteiger partial charge >= 0.3 is 0 Å². The van der Waals surface area contributed by atoms with Gasteiger partial charge in [-0.25, -0.2) is 4.98 Å². The van der Waals surface area contributed by atoms with E-state index in [0.717, 1.165) is 23.9 Å². The molecule has 4 heteroatoms. The van der Waals surface area contributed by atoms with Crippen molar-refractivity contribution >= 4 is 21.8 Å². The van der Waals surface area contributed by atoms with E-state index in [9.17, 15) is 4.79 Å². The summed E-state index contributed by atoms with van der Waals surface area (Å²) in [6.07, 6.45) is 10.6. The molecule has 0 saturated heterocycles. The molecule has 108 valence electrons. The van der Waals surface area contributed by atoms with Gasteiger partial charge in [-0.15, -0.1) is 0 Å². The molecule has 0 radical (unpaired) electrons. The summed E-state index contributed by atoms with van der Waals surface area (Å²) in [5.41, 5.74) is 0.565. The molecule has 2 aliphatic carbocycles. The van der Waals surface area contributed by atoms with E-state index in [0.29, 0.717) is 17.7 Å². The maximum atomic E-state index is 12.8. The average molecular weight is 337 g/mol. The van der Waals surface area contributed by atoms with Crippen molar-refractivity contribution in [3.63, 3.8) is 0 Å². The molecule has 0 N–H and O–H groups in total. The van der Waals surface area contributed by atoms with Crippen molar-refractivity contribution in [3.05, 3.63) is 28.5 Å². The van der Waals surface area contributed by atoms with Gasteiger partial charge in [0.25, 0.3) is 5.91 Å². The van der Waals surface area contributed by atoms with Gasteiger partial charge < -0.3 is 4.90 Å². The number of rotatable bonds is 4. The third-order valence-electron chi connectivity index (χ3n) is 4.39. The van der Waals surface area contributed by atoms with E-state index >= 15 is 0 Å². The second-order valence-electron chi connectivity index (χ2n) is 6.03. The fourth-order valence-electron chi connectivity index (χ4n) is 3.11. The highest BCUT2D eigenvalue weighted by atomic mass is 79.9. The number of carbonyl (C=O) groups excluding carboxylic acids is 1. The second kappa shape index (κ2) is 6.25. The van der Waals surface area contributed by atoms with Crippen LogP contribution < -0.4 is 0 Å². The smallest absolute Gasteiger partial charge is 0.273 e. The molecule has 0 aliphatic heterocycles. The SMILES string of the molecule is O=C(c1ncccc1Br)N(CC1CCCCC1)C1CC1. The molecule has 0 unspecified atom stereocenters. The minimum atomic E-state index is 0.102. The number of pyridine rings is 1. The molecule has 1 aromatic rings. The molecule has 0 aromatic carbocycles. The van der Waals surface area contributed by atoms with Crippen LogP contribution in [0, 0.1) is 5.92 Å². The second-order valence-corrected chi connectivity index (χ2v) is 6.88. The Morgan fingerprint density at radius 2 is 2.00 bits per heavy atom. The highest BCUT2D eigenvalue weighted by molar-refractivity contribution is 9.10. The van der Waals surface area contributed by atoms with E-state index in [4.69, 9.17) is 0 Å². The van der Waals surface area contributed by atoms with Crippen molar-refractivity contribution in [2.24, 2.45) is 5.92 Å². The third-order valence-corrected chi connectivity index (χ3v) is 5.03. The summed E-state index contributed by atoms with van der Waals surface area (Å²) in [6, 6.07) is 4.20. The van der Waals surface area contributed by atoms with Gasteiger partial charge in [0.2, 0.25) is 0 Å². The van der Waals surface area contributed by atoms with Crippen LogP contribution in [0.1, 0.15) is 55.4 Å². The zero-order valence-corrected chi connectivity index (χ0v) is 13.3. The van der Waals surface area contributed by atoms with Crippen LogP contribution >= 0.6 is 15.9 Å². The molecule has 2 aliphatic rings. The van der Waals surface area contributed by atoms with Crippen LogP contribution in [0.2, 0.25) is 0 Å². The summed E-state index contributed by atoms with van der Waals surface area (Å²) in [7, 11) is 0. The summed E-state index contributed by atoms with van der Waals surface area (Å²) >= 11 is 3.45. The predicted octanol–water partition coefficient (Wildman–Crippen LogP) is 4.03. The van der Waals surface area contributed by atoms with Crippen molar-refractivity contribution in [3.8, 4) is 0 Å². The lowest BCUT2D eigenvalue weighted by molar-refractivity contribution is 0.0692. The van der Waals surface area contributed by atoms with Crippen LogP contribution in [0.3, 0.4) is 0 Å². The number of aromatic nitrogens is 1. The number of halogens is 1. The molecule has 1 aromatic heterocycles. The van der Waals surface area contributed by atoms with E-state index in [2.05, 4.69) is 25.8 Å². The van der Waals surface area contributed by atoms with E-state index < -0.39 is 0 Å². The number of amides is 1. The molecule has 0 bridgehead atoms. The average Bonchev–Trinajstić information content (AvgIpc) is 3.30. The molecule has 3 rings (SSSR count). The highest BCUT2D eigenvalue weighted by Gasteiger charge is 2.35. The normalized spacial score (nSPS) is 19.9. The van der Waals surface area contributed by atoms with Gasteiger partial charge in [-0.2, -0.15) is 0 Å². The Kier molecular flexibility index (Phi) is 4.39. The van der Waals surface area contributed by atoms with Gasteiger partial charge in [0.15, 0.2) is 0 Å². The molecule has 1 amide bonds. The molecular formula is C16H21BrN2O. The summed E-state index contributed by atoms with van der Waals surface area (Å²) in [6.45, 7) is 0.923. The van der Waals surface area contributed by atoms with Crippen molar-refractivity contribution < 1.29 is 4.79 Å². The third kappa shape index (κ3) is 3.22. The van der Waals surface area contributed by atoms with Crippen LogP contribution in [0.25, 0.3) is 0 Å². The van der Waals surface area contributed by atoms with Crippen LogP contribution in [-0.2, 0) is 0 Å². The van der Waals surface area contributed by atoms with Crippen LogP contribution in [-0.4, -0.2) is 28.4 Å². The van der Waals surface area contributed by atoms with Gasteiger partial charge in [-0.1, -0.05) is 19.3 Å². The van der Waals surface area contributed by atoms with Crippen LogP contribution in [0.4, 0.5) is 0 Å². The van der Waals surface area contributed by atoms with Gasteiger partial charge in [0.05, 0.1) is 0 Å². The van der Waals surface area contributed by atoms with Gasteiger partial charge in [-0.3, -0.25) is 4.79 Å². The van der Waals surface area contributed by atoms with Crippen molar-refractivity contribution in [1.29, 1.82) is 0 Å². The van der Waals surface area contributed by atoms with Crippen molar-refractivity contribution in [2.45, 2.75) is 51.0 Å². The Morgan fingerprint density at radius 3 is 2.65 bits per heavy atom. The van der Waals surface area contributed by atoms with Gasteiger partial charge in [0.1, 0.15) is 5.69 Å². The van der Waals surface area contributed by atoms with Crippen LogP contribution in [0.15, 0.2) is 22.8 Å². The standard InChI is InChI=1S/C16H21BrN2O/c17-14-7-4-10-18-15(14)16(20)19(13-8-9-13)11-12-5-2-1-3-6-12/h4,7,10,12-13H,1-3,5-6,8-9,11H2. The Labute approximate surface area is 128 Å². The predicted molar refractivity (Wildman–Crippen MR) is 82.6 cm³/mol. The lowest BCUT2D eigenvalue weighted by Crippen LogP contribution is -2.38. The monoisotopic (exact) mass is 336 g/mol. The molecule has 3 nitrogen and oxygen atoms in total. The maximum Gasteiger partial charge on any atom is 0.273 e. The summed E-state index contributed by atoms with van der Waals surface area (Å²) in [5, 5.41) is 0. The molecule has 2 fully saturated rings. The number of nitrogens with zero attached hydrogens (tertiary/aromatic N) is 2. The topological polar surface area (TPSA) is 33.2 Å². The first-order chi connectivity index (χ1) is 9.75. The first-order valence-corrected chi connectivity index (χ1v) is 8.46. The molecular weight excluding hydrogens is 316 g/mol. The minimum Gasteiger partial charge on any atom is -0.334 e.